The van der Waals surface area contributed by atoms with Gasteiger partial charge in [0, 0.05) is 33.0 Å². The van der Waals surface area contributed by atoms with Crippen molar-refractivity contribution in [3.8, 4) is 0 Å². The van der Waals surface area contributed by atoms with Crippen LogP contribution in [0.4, 0.5) is 5.82 Å². The number of anilines is 1. The Morgan fingerprint density at radius 2 is 2.15 bits per heavy atom. The van der Waals surface area contributed by atoms with Crippen molar-refractivity contribution in [3.63, 3.8) is 0 Å². The van der Waals surface area contributed by atoms with Gasteiger partial charge in [0.25, 0.3) is 5.91 Å². The molecular weight excluding hydrogens is 254 g/mol. The minimum absolute atomic E-state index is 0.0663. The summed E-state index contributed by atoms with van der Waals surface area (Å²) < 4.78 is 4.99. The summed E-state index contributed by atoms with van der Waals surface area (Å²) in [6.45, 7) is 4.36. The molecule has 1 amide bonds. The number of nitrogens with one attached hydrogen (secondary N) is 2. The molecule has 1 aromatic heterocycles. The van der Waals surface area contributed by atoms with E-state index >= 15 is 0 Å². The molecule has 0 spiro atoms. The number of hydrogen-bond donors (Lipinski definition) is 2. The minimum atomic E-state index is -0.0663. The van der Waals surface area contributed by atoms with Gasteiger partial charge in [0.1, 0.15) is 5.82 Å². The maximum absolute atomic E-state index is 12.1. The van der Waals surface area contributed by atoms with E-state index in [2.05, 4.69) is 22.5 Å². The van der Waals surface area contributed by atoms with Gasteiger partial charge in [-0.05, 0) is 37.8 Å². The number of amides is 1. The van der Waals surface area contributed by atoms with Gasteiger partial charge in [-0.3, -0.25) is 4.79 Å². The van der Waals surface area contributed by atoms with Crippen LogP contribution in [-0.2, 0) is 4.74 Å². The molecule has 0 aliphatic heterocycles. The molecule has 5 heteroatoms. The molecule has 1 aromatic rings. The van der Waals surface area contributed by atoms with E-state index in [4.69, 9.17) is 4.74 Å². The van der Waals surface area contributed by atoms with Crippen molar-refractivity contribution in [1.29, 1.82) is 0 Å². The first-order valence-electron chi connectivity index (χ1n) is 7.25. The molecule has 0 aliphatic carbocycles. The lowest BCUT2D eigenvalue weighted by Crippen LogP contribution is -2.26. The Morgan fingerprint density at radius 1 is 1.30 bits per heavy atom. The number of nitrogens with zero attached hydrogens (tertiary/aromatic N) is 1. The number of ether oxygens (including phenoxy) is 1. The van der Waals surface area contributed by atoms with Gasteiger partial charge in [0.15, 0.2) is 0 Å². The van der Waals surface area contributed by atoms with Gasteiger partial charge in [-0.1, -0.05) is 6.92 Å². The van der Waals surface area contributed by atoms with Crippen LogP contribution in [-0.4, -0.2) is 37.7 Å². The second kappa shape index (κ2) is 10.2. The van der Waals surface area contributed by atoms with Crippen molar-refractivity contribution in [2.75, 3.05) is 32.1 Å². The third kappa shape index (κ3) is 6.02. The lowest BCUT2D eigenvalue weighted by atomic mass is 10.2. The number of pyridine rings is 1. The monoisotopic (exact) mass is 279 g/mol. The molecule has 0 radical (unpaired) electrons. The molecule has 0 saturated carbocycles. The van der Waals surface area contributed by atoms with Crippen molar-refractivity contribution < 1.29 is 9.53 Å². The maximum atomic E-state index is 12.1. The van der Waals surface area contributed by atoms with E-state index in [1.165, 1.54) is 0 Å². The Bertz CT molecular complexity index is 396. The summed E-state index contributed by atoms with van der Waals surface area (Å²) in [5.74, 6) is 0.592. The topological polar surface area (TPSA) is 63.2 Å². The molecule has 5 nitrogen and oxygen atoms in total. The summed E-state index contributed by atoms with van der Waals surface area (Å²) in [7, 11) is 1.70. The largest absolute Gasteiger partial charge is 0.385 e. The van der Waals surface area contributed by atoms with Crippen LogP contribution < -0.4 is 10.6 Å². The number of aromatic nitrogens is 1. The Balaban J connectivity index is 2.38. The summed E-state index contributed by atoms with van der Waals surface area (Å²) in [6, 6.07) is 3.58. The molecule has 1 rings (SSSR count). The predicted molar refractivity (Wildman–Crippen MR) is 81.1 cm³/mol. The van der Waals surface area contributed by atoms with Crippen molar-refractivity contribution in [3.05, 3.63) is 23.9 Å². The van der Waals surface area contributed by atoms with Gasteiger partial charge < -0.3 is 15.4 Å². The first kappa shape index (κ1) is 16.4. The van der Waals surface area contributed by atoms with Gasteiger partial charge in [-0.25, -0.2) is 4.98 Å². The molecule has 0 unspecified atom stereocenters. The van der Waals surface area contributed by atoms with Gasteiger partial charge in [0.2, 0.25) is 0 Å². The van der Waals surface area contributed by atoms with Crippen LogP contribution in [0, 0.1) is 0 Å². The zero-order valence-electron chi connectivity index (χ0n) is 12.4. The van der Waals surface area contributed by atoms with Gasteiger partial charge in [-0.15, -0.1) is 0 Å². The summed E-state index contributed by atoms with van der Waals surface area (Å²) in [6.07, 6.45) is 5.74. The van der Waals surface area contributed by atoms with Crippen LogP contribution in [0.25, 0.3) is 0 Å². The van der Waals surface area contributed by atoms with E-state index < -0.39 is 0 Å². The third-order valence-electron chi connectivity index (χ3n) is 2.91. The fourth-order valence-corrected chi connectivity index (χ4v) is 1.82. The number of carbonyl (C=O) groups excluding carboxylic acids is 1. The average molecular weight is 279 g/mol. The highest BCUT2D eigenvalue weighted by Gasteiger charge is 2.10. The number of unbranched alkanes of at least 4 members (excludes halogenated alkanes) is 2. The molecule has 1 heterocycles. The van der Waals surface area contributed by atoms with Crippen LogP contribution >= 0.6 is 0 Å². The molecule has 0 aromatic carbocycles. The van der Waals surface area contributed by atoms with Gasteiger partial charge in [0.05, 0.1) is 5.56 Å². The van der Waals surface area contributed by atoms with Crippen LogP contribution in [0.1, 0.15) is 43.0 Å². The SMILES string of the molecule is CCCNc1ncccc1C(=O)NCCCCCOC. The molecule has 0 bridgehead atoms. The van der Waals surface area contributed by atoms with E-state index in [-0.39, 0.29) is 5.91 Å². The zero-order valence-corrected chi connectivity index (χ0v) is 12.4. The van der Waals surface area contributed by atoms with Crippen molar-refractivity contribution in [2.24, 2.45) is 0 Å². The molecule has 112 valence electrons. The number of methoxy groups -OCH3 is 1. The molecule has 0 aliphatic rings. The maximum Gasteiger partial charge on any atom is 0.255 e. The van der Waals surface area contributed by atoms with Crippen LogP contribution in [0.5, 0.6) is 0 Å². The van der Waals surface area contributed by atoms with E-state index in [0.29, 0.717) is 17.9 Å². The van der Waals surface area contributed by atoms with Gasteiger partial charge >= 0.3 is 0 Å². The van der Waals surface area contributed by atoms with E-state index in [1.54, 1.807) is 25.4 Å². The highest BCUT2D eigenvalue weighted by molar-refractivity contribution is 5.98. The Kier molecular flexibility index (Phi) is 8.38. The molecular formula is C15H25N3O2. The number of carbonyl (C=O) groups is 1. The molecule has 0 saturated heterocycles. The van der Waals surface area contributed by atoms with Crippen LogP contribution in [0.2, 0.25) is 0 Å². The molecule has 0 atom stereocenters. The molecule has 20 heavy (non-hydrogen) atoms. The second-order valence-electron chi connectivity index (χ2n) is 4.64. The lowest BCUT2D eigenvalue weighted by molar-refractivity contribution is 0.0953. The van der Waals surface area contributed by atoms with Crippen molar-refractivity contribution in [1.82, 2.24) is 10.3 Å². The highest BCUT2D eigenvalue weighted by atomic mass is 16.5. The van der Waals surface area contributed by atoms with E-state index in [9.17, 15) is 4.79 Å². The Labute approximate surface area is 121 Å². The summed E-state index contributed by atoms with van der Waals surface area (Å²) in [5, 5.41) is 6.11. The molecule has 2 N–H and O–H groups in total. The highest BCUT2D eigenvalue weighted by Crippen LogP contribution is 2.11. The fourth-order valence-electron chi connectivity index (χ4n) is 1.82. The summed E-state index contributed by atoms with van der Waals surface area (Å²) in [5.41, 5.74) is 0.609. The fraction of sp³-hybridized carbons (Fsp3) is 0.600. The van der Waals surface area contributed by atoms with Crippen LogP contribution in [0.15, 0.2) is 18.3 Å². The third-order valence-corrected chi connectivity index (χ3v) is 2.91. The van der Waals surface area contributed by atoms with Gasteiger partial charge in [-0.2, -0.15) is 0 Å². The normalized spacial score (nSPS) is 10.3. The number of rotatable bonds is 10. The first-order chi connectivity index (χ1) is 9.79. The second-order valence-corrected chi connectivity index (χ2v) is 4.64. The quantitative estimate of drug-likeness (QED) is 0.646. The Hall–Kier alpha value is -1.62. The average Bonchev–Trinajstić information content (AvgIpc) is 2.48. The zero-order chi connectivity index (χ0) is 14.6. The minimum Gasteiger partial charge on any atom is -0.385 e. The van der Waals surface area contributed by atoms with E-state index in [1.807, 2.05) is 0 Å². The smallest absolute Gasteiger partial charge is 0.255 e. The predicted octanol–water partition coefficient (Wildman–Crippen LogP) is 2.45. The lowest BCUT2D eigenvalue weighted by Gasteiger charge is -2.10. The van der Waals surface area contributed by atoms with Crippen LogP contribution in [0.3, 0.4) is 0 Å². The summed E-state index contributed by atoms with van der Waals surface area (Å²) >= 11 is 0. The first-order valence-corrected chi connectivity index (χ1v) is 7.25. The standard InChI is InChI=1S/C15H25N3O2/c1-3-9-16-14-13(8-7-11-17-14)15(19)18-10-5-4-6-12-20-2/h7-8,11H,3-6,9-10,12H2,1-2H3,(H,16,17)(H,18,19). The van der Waals surface area contributed by atoms with Crippen molar-refractivity contribution >= 4 is 11.7 Å². The number of hydrogen-bond acceptors (Lipinski definition) is 4. The van der Waals surface area contributed by atoms with Crippen molar-refractivity contribution in [2.45, 2.75) is 32.6 Å². The Morgan fingerprint density at radius 3 is 2.90 bits per heavy atom. The molecule has 0 fully saturated rings. The van der Waals surface area contributed by atoms with E-state index in [0.717, 1.165) is 38.8 Å². The summed E-state index contributed by atoms with van der Waals surface area (Å²) in [4.78, 5) is 16.3.